The van der Waals surface area contributed by atoms with E-state index in [0.717, 1.165) is 17.3 Å². The molecule has 1 aliphatic heterocycles. The van der Waals surface area contributed by atoms with Crippen LogP contribution in [0.15, 0.2) is 36.5 Å². The van der Waals surface area contributed by atoms with Crippen LogP contribution in [-0.2, 0) is 4.79 Å². The van der Waals surface area contributed by atoms with Crippen molar-refractivity contribution in [1.29, 1.82) is 0 Å². The number of pyridine rings is 1. The van der Waals surface area contributed by atoms with Crippen molar-refractivity contribution in [2.24, 2.45) is 0 Å². The van der Waals surface area contributed by atoms with Crippen LogP contribution in [-0.4, -0.2) is 51.7 Å². The van der Waals surface area contributed by atoms with Crippen LogP contribution < -0.4 is 10.1 Å². The molecule has 3 rings (SSSR count). The first-order valence-electron chi connectivity index (χ1n) is 9.26. The number of urea groups is 1. The largest absolute Gasteiger partial charge is 0.478 e. The van der Waals surface area contributed by atoms with E-state index in [1.807, 2.05) is 32.0 Å². The zero-order valence-electron chi connectivity index (χ0n) is 15.6. The lowest BCUT2D eigenvalue weighted by Gasteiger charge is -2.39. The normalized spacial score (nSPS) is 17.3. The number of piperidine rings is 1. The molecule has 2 N–H and O–H groups in total. The van der Waals surface area contributed by atoms with Crippen LogP contribution >= 0.6 is 0 Å². The summed E-state index contributed by atoms with van der Waals surface area (Å²) in [7, 11) is 0. The van der Waals surface area contributed by atoms with Crippen LogP contribution in [0.3, 0.4) is 0 Å². The first kappa shape index (κ1) is 18.9. The molecule has 0 aliphatic carbocycles. The number of carbonyl (C=O) groups excluding carboxylic acids is 1. The third kappa shape index (κ3) is 4.13. The number of benzene rings is 1. The highest BCUT2D eigenvalue weighted by Crippen LogP contribution is 2.31. The third-order valence-corrected chi connectivity index (χ3v) is 5.12. The van der Waals surface area contributed by atoms with Gasteiger partial charge in [0, 0.05) is 43.6 Å². The Morgan fingerprint density at radius 2 is 2.07 bits per heavy atom. The van der Waals surface area contributed by atoms with Crippen molar-refractivity contribution < 1.29 is 19.4 Å². The maximum atomic E-state index is 12.3. The highest BCUT2D eigenvalue weighted by molar-refractivity contribution is 5.82. The van der Waals surface area contributed by atoms with Gasteiger partial charge in [0.15, 0.2) is 0 Å². The molecule has 1 aromatic heterocycles. The van der Waals surface area contributed by atoms with Crippen molar-refractivity contribution in [2.45, 2.75) is 44.8 Å². The van der Waals surface area contributed by atoms with Crippen LogP contribution in [0.25, 0.3) is 10.9 Å². The number of aromatic nitrogens is 1. The van der Waals surface area contributed by atoms with Gasteiger partial charge in [0.2, 0.25) is 5.60 Å². The van der Waals surface area contributed by atoms with Crippen molar-refractivity contribution in [3.8, 4) is 5.75 Å². The number of aliphatic carboxylic acids is 1. The molecule has 144 valence electrons. The van der Waals surface area contributed by atoms with E-state index in [4.69, 9.17) is 4.74 Å². The zero-order valence-corrected chi connectivity index (χ0v) is 15.6. The number of nitrogens with zero attached hydrogens (tertiary/aromatic N) is 2. The molecule has 0 saturated carbocycles. The number of hydrogen-bond acceptors (Lipinski definition) is 4. The predicted molar refractivity (Wildman–Crippen MR) is 102 cm³/mol. The molecule has 0 spiro atoms. The van der Waals surface area contributed by atoms with Crippen molar-refractivity contribution >= 4 is 22.9 Å². The fourth-order valence-electron chi connectivity index (χ4n) is 3.18. The average Bonchev–Trinajstić information content (AvgIpc) is 2.68. The molecule has 1 atom stereocenters. The van der Waals surface area contributed by atoms with E-state index >= 15 is 0 Å². The molecule has 0 radical (unpaired) electrons. The summed E-state index contributed by atoms with van der Waals surface area (Å²) in [6.07, 6.45) is 3.03. The molecule has 1 saturated heterocycles. The number of likely N-dealkylation sites (tertiary alicyclic amines) is 1. The molecule has 0 unspecified atom stereocenters. The fourth-order valence-corrected chi connectivity index (χ4v) is 3.18. The quantitative estimate of drug-likeness (QED) is 0.843. The minimum atomic E-state index is -1.33. The Morgan fingerprint density at radius 1 is 1.33 bits per heavy atom. The van der Waals surface area contributed by atoms with E-state index < -0.39 is 11.6 Å². The van der Waals surface area contributed by atoms with E-state index in [2.05, 4.69) is 10.3 Å². The first-order valence-corrected chi connectivity index (χ1v) is 9.26. The van der Waals surface area contributed by atoms with Crippen LogP contribution in [0.1, 0.15) is 33.1 Å². The Hall–Kier alpha value is -2.83. The van der Waals surface area contributed by atoms with Gasteiger partial charge in [0.1, 0.15) is 5.75 Å². The summed E-state index contributed by atoms with van der Waals surface area (Å²) >= 11 is 0. The van der Waals surface area contributed by atoms with Gasteiger partial charge in [-0.15, -0.1) is 0 Å². The maximum absolute atomic E-state index is 12.3. The van der Waals surface area contributed by atoms with Gasteiger partial charge in [-0.05, 0) is 37.6 Å². The summed E-state index contributed by atoms with van der Waals surface area (Å²) in [5.74, 6) is -0.508. The van der Waals surface area contributed by atoms with Crippen LogP contribution in [0, 0.1) is 0 Å². The second-order valence-electron chi connectivity index (χ2n) is 7.01. The number of ether oxygens (including phenoxy) is 1. The van der Waals surface area contributed by atoms with Gasteiger partial charge in [-0.2, -0.15) is 0 Å². The van der Waals surface area contributed by atoms with Gasteiger partial charge in [-0.1, -0.05) is 13.0 Å². The number of carboxylic acid groups (broad SMARTS) is 1. The van der Waals surface area contributed by atoms with Crippen molar-refractivity contribution in [3.05, 3.63) is 36.5 Å². The second-order valence-corrected chi connectivity index (χ2v) is 7.01. The zero-order chi connectivity index (χ0) is 19.4. The SMILES string of the molecule is CC[C@@H](C)NC(=O)N1CCC(Oc2ccc3ncccc3c2)(C(=O)O)CC1. The number of amides is 2. The molecule has 7 nitrogen and oxygen atoms in total. The molecule has 2 aromatic rings. The number of nitrogens with one attached hydrogen (secondary N) is 1. The Labute approximate surface area is 158 Å². The summed E-state index contributed by atoms with van der Waals surface area (Å²) in [6, 6.07) is 9.02. The molecule has 27 heavy (non-hydrogen) atoms. The molecule has 1 aromatic carbocycles. The Balaban J connectivity index is 1.72. The maximum Gasteiger partial charge on any atom is 0.348 e. The number of fused-ring (bicyclic) bond motifs is 1. The van der Waals surface area contributed by atoms with E-state index in [1.165, 1.54) is 0 Å². The van der Waals surface area contributed by atoms with Crippen LogP contribution in [0.5, 0.6) is 5.75 Å². The highest BCUT2D eigenvalue weighted by Gasteiger charge is 2.45. The molecule has 2 heterocycles. The first-order chi connectivity index (χ1) is 12.9. The van der Waals surface area contributed by atoms with Crippen LogP contribution in [0.4, 0.5) is 4.79 Å². The van der Waals surface area contributed by atoms with E-state index in [0.29, 0.717) is 18.8 Å². The number of rotatable bonds is 5. The monoisotopic (exact) mass is 371 g/mol. The molecular weight excluding hydrogens is 346 g/mol. The topological polar surface area (TPSA) is 91.8 Å². The van der Waals surface area contributed by atoms with Crippen molar-refractivity contribution in [3.63, 3.8) is 0 Å². The summed E-state index contributed by atoms with van der Waals surface area (Å²) in [5, 5.41) is 13.6. The molecule has 1 fully saturated rings. The standard InChI is InChI=1S/C20H25N3O4/c1-3-14(2)22-19(26)23-11-8-20(9-12-23,18(24)25)27-16-6-7-17-15(13-16)5-4-10-21-17/h4-7,10,13-14H,3,8-9,11-12H2,1-2H3,(H,22,26)(H,24,25)/t14-/m1/s1. The summed E-state index contributed by atoms with van der Waals surface area (Å²) in [6.45, 7) is 4.62. The van der Waals surface area contributed by atoms with Gasteiger partial charge in [-0.25, -0.2) is 9.59 Å². The van der Waals surface area contributed by atoms with Gasteiger partial charge in [0.25, 0.3) is 0 Å². The van der Waals surface area contributed by atoms with Crippen molar-refractivity contribution in [2.75, 3.05) is 13.1 Å². The minimum absolute atomic E-state index is 0.0890. The van der Waals surface area contributed by atoms with E-state index in [9.17, 15) is 14.7 Å². The lowest BCUT2D eigenvalue weighted by Crippen LogP contribution is -2.56. The average molecular weight is 371 g/mol. The molecular formula is C20H25N3O4. The van der Waals surface area contributed by atoms with E-state index in [-0.39, 0.29) is 24.9 Å². The lowest BCUT2D eigenvalue weighted by atomic mass is 9.91. The molecule has 0 bridgehead atoms. The third-order valence-electron chi connectivity index (χ3n) is 5.12. The van der Waals surface area contributed by atoms with E-state index in [1.54, 1.807) is 23.2 Å². The fraction of sp³-hybridized carbons (Fsp3) is 0.450. The predicted octanol–water partition coefficient (Wildman–Crippen LogP) is 3.04. The van der Waals surface area contributed by atoms with Gasteiger partial charge in [-0.3, -0.25) is 4.98 Å². The number of carboxylic acids is 1. The summed E-state index contributed by atoms with van der Waals surface area (Å²) in [4.78, 5) is 30.2. The Morgan fingerprint density at radius 3 is 2.74 bits per heavy atom. The smallest absolute Gasteiger partial charge is 0.348 e. The summed E-state index contributed by atoms with van der Waals surface area (Å²) in [5.41, 5.74) is -0.506. The van der Waals surface area contributed by atoms with Gasteiger partial charge < -0.3 is 20.1 Å². The minimum Gasteiger partial charge on any atom is -0.478 e. The second kappa shape index (κ2) is 7.82. The Bertz CT molecular complexity index is 831. The number of hydrogen-bond donors (Lipinski definition) is 2. The highest BCUT2D eigenvalue weighted by atomic mass is 16.5. The van der Waals surface area contributed by atoms with Crippen LogP contribution in [0.2, 0.25) is 0 Å². The summed E-state index contributed by atoms with van der Waals surface area (Å²) < 4.78 is 5.96. The van der Waals surface area contributed by atoms with Crippen molar-refractivity contribution in [1.82, 2.24) is 15.2 Å². The van der Waals surface area contributed by atoms with Gasteiger partial charge >= 0.3 is 12.0 Å². The molecule has 1 aliphatic rings. The molecule has 7 heteroatoms. The number of carbonyl (C=O) groups is 2. The molecule has 2 amide bonds. The lowest BCUT2D eigenvalue weighted by molar-refractivity contribution is -0.159. The Kier molecular flexibility index (Phi) is 5.48. The van der Waals surface area contributed by atoms with Gasteiger partial charge in [0.05, 0.1) is 5.52 Å².